The number of benzene rings is 2. The van der Waals surface area contributed by atoms with E-state index in [9.17, 15) is 4.79 Å². The summed E-state index contributed by atoms with van der Waals surface area (Å²) in [5.74, 6) is 3.59. The first-order chi connectivity index (χ1) is 13.7. The summed E-state index contributed by atoms with van der Waals surface area (Å²) >= 11 is 3.60. The van der Waals surface area contributed by atoms with Crippen LogP contribution < -0.4 is 5.32 Å². The molecule has 1 N–H and O–H groups in total. The Morgan fingerprint density at radius 1 is 1.21 bits per heavy atom. The van der Waals surface area contributed by atoms with Crippen LogP contribution in [0.2, 0.25) is 0 Å². The molecule has 28 heavy (non-hydrogen) atoms. The van der Waals surface area contributed by atoms with Gasteiger partial charge in [-0.15, -0.1) is 11.8 Å². The third-order valence-electron chi connectivity index (χ3n) is 4.80. The van der Waals surface area contributed by atoms with E-state index in [0.29, 0.717) is 11.3 Å². The highest BCUT2D eigenvalue weighted by Crippen LogP contribution is 2.22. The molecule has 1 heterocycles. The number of hydrogen-bond donors (Lipinski definition) is 1. The number of amides is 1. The first-order valence-corrected chi connectivity index (χ1v) is 11.7. The molecule has 0 aliphatic carbocycles. The van der Waals surface area contributed by atoms with Crippen molar-refractivity contribution in [3.63, 3.8) is 0 Å². The number of anilines is 1. The molecule has 0 saturated carbocycles. The number of nitrogens with one attached hydrogen (secondary N) is 1. The first-order valence-electron chi connectivity index (χ1n) is 9.41. The molecule has 1 fully saturated rings. The number of carbonyl (C=O) groups excluding carboxylic acids is 1. The molecular formula is C22H25N3OS2. The summed E-state index contributed by atoms with van der Waals surface area (Å²) in [5, 5.41) is 11.9. The molecule has 0 bridgehead atoms. The molecule has 146 valence electrons. The van der Waals surface area contributed by atoms with Gasteiger partial charge in [-0.25, -0.2) is 0 Å². The van der Waals surface area contributed by atoms with Crippen LogP contribution in [-0.4, -0.2) is 41.2 Å². The lowest BCUT2D eigenvalue weighted by atomic mass is 10.1. The molecule has 0 unspecified atom stereocenters. The van der Waals surface area contributed by atoms with E-state index in [2.05, 4.69) is 29.3 Å². The summed E-state index contributed by atoms with van der Waals surface area (Å²) < 4.78 is 0. The predicted molar refractivity (Wildman–Crippen MR) is 120 cm³/mol. The Morgan fingerprint density at radius 3 is 2.68 bits per heavy atom. The number of nitriles is 1. The Hall–Kier alpha value is -1.94. The highest BCUT2D eigenvalue weighted by molar-refractivity contribution is 7.99. The quantitative estimate of drug-likeness (QED) is 0.737. The van der Waals surface area contributed by atoms with Gasteiger partial charge in [0.1, 0.15) is 0 Å². The topological polar surface area (TPSA) is 56.1 Å². The van der Waals surface area contributed by atoms with Gasteiger partial charge in [0.2, 0.25) is 5.91 Å². The van der Waals surface area contributed by atoms with E-state index < -0.39 is 0 Å². The number of rotatable bonds is 7. The Balaban J connectivity index is 1.50. The predicted octanol–water partition coefficient (Wildman–Crippen LogP) is 4.29. The van der Waals surface area contributed by atoms with Crippen LogP contribution in [0.15, 0.2) is 42.5 Å². The minimum absolute atomic E-state index is 0.0215. The van der Waals surface area contributed by atoms with E-state index in [1.54, 1.807) is 11.8 Å². The van der Waals surface area contributed by atoms with Crippen molar-refractivity contribution >= 4 is 35.1 Å². The van der Waals surface area contributed by atoms with Gasteiger partial charge in [-0.2, -0.15) is 17.0 Å². The fraction of sp³-hybridized carbons (Fsp3) is 0.364. The Morgan fingerprint density at radius 2 is 1.96 bits per heavy atom. The number of carbonyl (C=O) groups is 1. The van der Waals surface area contributed by atoms with E-state index >= 15 is 0 Å². The van der Waals surface area contributed by atoms with Crippen molar-refractivity contribution in [1.29, 1.82) is 5.26 Å². The van der Waals surface area contributed by atoms with Crippen LogP contribution in [0, 0.1) is 18.3 Å². The largest absolute Gasteiger partial charge is 0.325 e. The van der Waals surface area contributed by atoms with Crippen LogP contribution in [0.4, 0.5) is 5.69 Å². The second-order valence-electron chi connectivity index (χ2n) is 6.83. The van der Waals surface area contributed by atoms with Crippen LogP contribution >= 0.6 is 23.5 Å². The Kier molecular flexibility index (Phi) is 7.84. The second-order valence-corrected chi connectivity index (χ2v) is 9.04. The normalized spacial score (nSPS) is 14.4. The molecule has 0 atom stereocenters. The fourth-order valence-electron chi connectivity index (χ4n) is 3.11. The molecule has 0 radical (unpaired) electrons. The van der Waals surface area contributed by atoms with Gasteiger partial charge >= 0.3 is 0 Å². The zero-order valence-corrected chi connectivity index (χ0v) is 17.7. The maximum Gasteiger partial charge on any atom is 0.234 e. The standard InChI is InChI=1S/C22H25N3OS2/c1-17-20(14-25-9-11-27-12-10-25)3-2-4-21(17)24-22(26)16-28-15-19-7-5-18(13-23)6-8-19/h2-8H,9-12,14-16H2,1H3,(H,24,26). The summed E-state index contributed by atoms with van der Waals surface area (Å²) in [6, 6.07) is 15.8. The average molecular weight is 412 g/mol. The van der Waals surface area contributed by atoms with E-state index in [4.69, 9.17) is 5.26 Å². The molecule has 1 aliphatic heterocycles. The lowest BCUT2D eigenvalue weighted by molar-refractivity contribution is -0.113. The van der Waals surface area contributed by atoms with Gasteiger partial charge in [-0.05, 0) is 41.8 Å². The van der Waals surface area contributed by atoms with Gasteiger partial charge in [0, 0.05) is 42.6 Å². The Labute approximate surface area is 175 Å². The number of thioether (sulfide) groups is 2. The molecule has 1 amide bonds. The zero-order chi connectivity index (χ0) is 19.8. The molecule has 2 aromatic carbocycles. The molecule has 3 rings (SSSR count). The fourth-order valence-corrected chi connectivity index (χ4v) is 4.88. The van der Waals surface area contributed by atoms with Crippen molar-refractivity contribution in [3.8, 4) is 6.07 Å². The van der Waals surface area contributed by atoms with Gasteiger partial charge in [0.05, 0.1) is 17.4 Å². The summed E-state index contributed by atoms with van der Waals surface area (Å²) in [6.07, 6.45) is 0. The molecule has 6 heteroatoms. The third-order valence-corrected chi connectivity index (χ3v) is 6.75. The minimum atomic E-state index is 0.0215. The van der Waals surface area contributed by atoms with E-state index in [1.165, 1.54) is 17.1 Å². The van der Waals surface area contributed by atoms with Gasteiger partial charge in [0.15, 0.2) is 0 Å². The number of hydrogen-bond acceptors (Lipinski definition) is 5. The van der Waals surface area contributed by atoms with Gasteiger partial charge < -0.3 is 5.32 Å². The van der Waals surface area contributed by atoms with Crippen LogP contribution in [0.1, 0.15) is 22.3 Å². The summed E-state index contributed by atoms with van der Waals surface area (Å²) in [7, 11) is 0. The van der Waals surface area contributed by atoms with Crippen molar-refractivity contribution in [1.82, 2.24) is 4.90 Å². The SMILES string of the molecule is Cc1c(CN2CCSCC2)cccc1NC(=O)CSCc1ccc(C#N)cc1. The van der Waals surface area contributed by atoms with Crippen molar-refractivity contribution < 1.29 is 4.79 Å². The van der Waals surface area contributed by atoms with E-state index in [0.717, 1.165) is 42.2 Å². The summed E-state index contributed by atoms with van der Waals surface area (Å²) in [5.41, 5.74) is 5.13. The van der Waals surface area contributed by atoms with Crippen LogP contribution in [0.5, 0.6) is 0 Å². The maximum atomic E-state index is 12.4. The highest BCUT2D eigenvalue weighted by Gasteiger charge is 2.14. The average Bonchev–Trinajstić information content (AvgIpc) is 2.72. The Bertz CT molecular complexity index is 840. The van der Waals surface area contributed by atoms with Crippen molar-refractivity contribution in [2.75, 3.05) is 35.7 Å². The van der Waals surface area contributed by atoms with Crippen LogP contribution in [0.3, 0.4) is 0 Å². The monoisotopic (exact) mass is 411 g/mol. The van der Waals surface area contributed by atoms with Gasteiger partial charge in [-0.3, -0.25) is 9.69 Å². The third kappa shape index (κ3) is 6.03. The minimum Gasteiger partial charge on any atom is -0.325 e. The first kappa shape index (κ1) is 20.8. The molecular weight excluding hydrogens is 386 g/mol. The summed E-state index contributed by atoms with van der Waals surface area (Å²) in [4.78, 5) is 14.9. The van der Waals surface area contributed by atoms with Crippen LogP contribution in [-0.2, 0) is 17.1 Å². The zero-order valence-electron chi connectivity index (χ0n) is 16.1. The highest BCUT2D eigenvalue weighted by atomic mass is 32.2. The van der Waals surface area contributed by atoms with Crippen LogP contribution in [0.25, 0.3) is 0 Å². The number of nitrogens with zero attached hydrogens (tertiary/aromatic N) is 2. The van der Waals surface area contributed by atoms with E-state index in [1.807, 2.05) is 48.2 Å². The lowest BCUT2D eigenvalue weighted by Gasteiger charge is -2.27. The smallest absolute Gasteiger partial charge is 0.234 e. The van der Waals surface area contributed by atoms with Crippen molar-refractivity contribution in [2.45, 2.75) is 19.2 Å². The van der Waals surface area contributed by atoms with E-state index in [-0.39, 0.29) is 5.91 Å². The second kappa shape index (κ2) is 10.6. The molecule has 0 aromatic heterocycles. The maximum absolute atomic E-state index is 12.4. The van der Waals surface area contributed by atoms with Crippen molar-refractivity contribution in [2.24, 2.45) is 0 Å². The van der Waals surface area contributed by atoms with Crippen molar-refractivity contribution in [3.05, 3.63) is 64.7 Å². The molecule has 0 spiro atoms. The lowest BCUT2D eigenvalue weighted by Crippen LogP contribution is -2.32. The van der Waals surface area contributed by atoms with Gasteiger partial charge in [0.25, 0.3) is 0 Å². The molecule has 1 saturated heterocycles. The molecule has 1 aliphatic rings. The summed E-state index contributed by atoms with van der Waals surface area (Å²) in [6.45, 7) is 5.30. The molecule has 2 aromatic rings. The molecule has 4 nitrogen and oxygen atoms in total. The van der Waals surface area contributed by atoms with Gasteiger partial charge in [-0.1, -0.05) is 24.3 Å².